The first-order valence-corrected chi connectivity index (χ1v) is 12.6. The van der Waals surface area contributed by atoms with Gasteiger partial charge in [0.25, 0.3) is 0 Å². The van der Waals surface area contributed by atoms with Gasteiger partial charge in [-0.15, -0.1) is 11.8 Å². The third-order valence-corrected chi connectivity index (χ3v) is 6.10. The number of carbonyl (C=O) groups excluding carboxylic acids is 1. The quantitative estimate of drug-likeness (QED) is 0.149. The fourth-order valence-electron chi connectivity index (χ4n) is 3.41. The molecule has 0 radical (unpaired) electrons. The van der Waals surface area contributed by atoms with Gasteiger partial charge in [0.1, 0.15) is 16.7 Å². The molecule has 0 atom stereocenters. The minimum atomic E-state index is -4.64. The van der Waals surface area contributed by atoms with Crippen LogP contribution in [0.2, 0.25) is 5.02 Å². The van der Waals surface area contributed by atoms with Crippen molar-refractivity contribution in [2.24, 2.45) is 0 Å². The molecule has 2 aromatic heterocycles. The molecule has 2 heterocycles. The van der Waals surface area contributed by atoms with E-state index in [1.165, 1.54) is 17.8 Å². The highest BCUT2D eigenvalue weighted by Crippen LogP contribution is 2.36. The normalized spacial score (nSPS) is 11.2. The molecule has 198 valence electrons. The molecule has 0 fully saturated rings. The molecule has 0 bridgehead atoms. The number of aryl methyl sites for hydroxylation is 2. The number of nitrogens with one attached hydrogen (secondary N) is 5. The van der Waals surface area contributed by atoms with Crippen LogP contribution in [-0.2, 0) is 6.18 Å². The Bertz CT molecular complexity index is 1480. The van der Waals surface area contributed by atoms with Gasteiger partial charge in [-0.2, -0.15) is 23.3 Å². The number of amides is 2. The van der Waals surface area contributed by atoms with Crippen LogP contribution in [0.5, 0.6) is 0 Å². The standard InChI is InChI=1S/C24H22ClF3N8OS/c1-12-8-14(30-23(37)31-15-4-6-17(25)16(10-15)24(26,27)28)5-7-18(12)32-22-29-13(2)9-19(34-22)33-20-11-21(38-3)36-35-20/h4-11H,1-3H3,(H2,30,31,37)(H3,29,32,33,34,35,36). The Hall–Kier alpha value is -3.97. The largest absolute Gasteiger partial charge is 0.417 e. The average Bonchev–Trinajstić information content (AvgIpc) is 3.28. The van der Waals surface area contributed by atoms with Gasteiger partial charge in [0, 0.05) is 34.9 Å². The third-order valence-electron chi connectivity index (χ3n) is 5.14. The maximum Gasteiger partial charge on any atom is 0.417 e. The number of halogens is 4. The van der Waals surface area contributed by atoms with Gasteiger partial charge >= 0.3 is 12.2 Å². The van der Waals surface area contributed by atoms with Crippen molar-refractivity contribution in [3.05, 3.63) is 70.4 Å². The van der Waals surface area contributed by atoms with Crippen molar-refractivity contribution in [1.29, 1.82) is 0 Å². The molecule has 38 heavy (non-hydrogen) atoms. The van der Waals surface area contributed by atoms with Gasteiger partial charge in [-0.3, -0.25) is 5.10 Å². The zero-order chi connectivity index (χ0) is 27.4. The van der Waals surface area contributed by atoms with Gasteiger partial charge in [-0.1, -0.05) is 11.6 Å². The summed E-state index contributed by atoms with van der Waals surface area (Å²) < 4.78 is 39.2. The Morgan fingerprint density at radius 1 is 0.974 bits per heavy atom. The van der Waals surface area contributed by atoms with Crippen molar-refractivity contribution >= 4 is 64.0 Å². The van der Waals surface area contributed by atoms with Crippen LogP contribution in [-0.4, -0.2) is 32.5 Å². The molecule has 0 saturated heterocycles. The molecule has 0 spiro atoms. The summed E-state index contributed by atoms with van der Waals surface area (Å²) in [5, 5.41) is 18.7. The number of hydrogen-bond acceptors (Lipinski definition) is 7. The second kappa shape index (κ2) is 11.2. The van der Waals surface area contributed by atoms with E-state index < -0.39 is 22.8 Å². The fourth-order valence-corrected chi connectivity index (χ4v) is 4.01. The van der Waals surface area contributed by atoms with Crippen molar-refractivity contribution in [3.8, 4) is 0 Å². The molecular formula is C24H22ClF3N8OS. The summed E-state index contributed by atoms with van der Waals surface area (Å²) in [5.41, 5.74) is 1.56. The number of rotatable bonds is 7. The zero-order valence-electron chi connectivity index (χ0n) is 20.3. The lowest BCUT2D eigenvalue weighted by atomic mass is 10.1. The highest BCUT2D eigenvalue weighted by atomic mass is 35.5. The number of alkyl halides is 3. The van der Waals surface area contributed by atoms with E-state index >= 15 is 0 Å². The minimum absolute atomic E-state index is 0.0463. The van der Waals surface area contributed by atoms with E-state index in [4.69, 9.17) is 11.6 Å². The number of aromatic amines is 1. The van der Waals surface area contributed by atoms with E-state index in [0.29, 0.717) is 29.0 Å². The van der Waals surface area contributed by atoms with Gasteiger partial charge in [-0.05, 0) is 62.1 Å². The number of H-pyrrole nitrogens is 1. The maximum absolute atomic E-state index is 13.1. The van der Waals surface area contributed by atoms with E-state index in [2.05, 4.69) is 41.4 Å². The lowest BCUT2D eigenvalue weighted by Crippen LogP contribution is -2.20. The highest BCUT2D eigenvalue weighted by Gasteiger charge is 2.33. The third kappa shape index (κ3) is 6.86. The SMILES string of the molecule is CSc1cc(Nc2cc(C)nc(Nc3ccc(NC(=O)Nc4ccc(Cl)c(C(F)(F)F)c4)cc3C)n2)[nH]n1. The van der Waals surface area contributed by atoms with Crippen LogP contribution in [0.4, 0.5) is 52.6 Å². The van der Waals surface area contributed by atoms with Crippen molar-refractivity contribution in [1.82, 2.24) is 20.2 Å². The second-order valence-corrected chi connectivity index (χ2v) is 9.33. The Labute approximate surface area is 225 Å². The van der Waals surface area contributed by atoms with Crippen LogP contribution >= 0.6 is 23.4 Å². The summed E-state index contributed by atoms with van der Waals surface area (Å²) in [4.78, 5) is 21.3. The number of thioether (sulfide) groups is 1. The van der Waals surface area contributed by atoms with Crippen LogP contribution in [0.25, 0.3) is 0 Å². The molecule has 2 amide bonds. The number of benzene rings is 2. The van der Waals surface area contributed by atoms with Crippen LogP contribution in [0.15, 0.2) is 53.6 Å². The molecule has 14 heteroatoms. The molecule has 4 rings (SSSR count). The molecule has 9 nitrogen and oxygen atoms in total. The maximum atomic E-state index is 13.1. The van der Waals surface area contributed by atoms with E-state index in [1.807, 2.05) is 26.2 Å². The number of nitrogens with zero attached hydrogens (tertiary/aromatic N) is 3. The zero-order valence-corrected chi connectivity index (χ0v) is 21.9. The predicted molar refractivity (Wildman–Crippen MR) is 144 cm³/mol. The Morgan fingerprint density at radius 3 is 2.34 bits per heavy atom. The second-order valence-electron chi connectivity index (χ2n) is 8.09. The van der Waals surface area contributed by atoms with Gasteiger partial charge in [0.15, 0.2) is 0 Å². The average molecular weight is 563 g/mol. The van der Waals surface area contributed by atoms with Gasteiger partial charge in [0.05, 0.1) is 10.6 Å². The summed E-state index contributed by atoms with van der Waals surface area (Å²) in [6.45, 7) is 3.67. The molecule has 0 unspecified atom stereocenters. The minimum Gasteiger partial charge on any atom is -0.325 e. The Morgan fingerprint density at radius 2 is 1.68 bits per heavy atom. The number of anilines is 6. The van der Waals surface area contributed by atoms with E-state index in [1.54, 1.807) is 24.3 Å². The van der Waals surface area contributed by atoms with Crippen LogP contribution in [0.3, 0.4) is 0 Å². The topological polar surface area (TPSA) is 120 Å². The summed E-state index contributed by atoms with van der Waals surface area (Å²) in [7, 11) is 0. The van der Waals surface area contributed by atoms with Crippen LogP contribution < -0.4 is 21.3 Å². The highest BCUT2D eigenvalue weighted by molar-refractivity contribution is 7.98. The Kier molecular flexibility index (Phi) is 7.97. The number of carbonyl (C=O) groups is 1. The molecular weight excluding hydrogens is 541 g/mol. The lowest BCUT2D eigenvalue weighted by Gasteiger charge is -2.14. The molecule has 5 N–H and O–H groups in total. The van der Waals surface area contributed by atoms with Crippen LogP contribution in [0.1, 0.15) is 16.8 Å². The molecule has 2 aromatic carbocycles. The van der Waals surface area contributed by atoms with E-state index in [9.17, 15) is 18.0 Å². The first-order chi connectivity index (χ1) is 18.0. The number of aromatic nitrogens is 4. The molecule has 0 aliphatic carbocycles. The first kappa shape index (κ1) is 27.1. The van der Waals surface area contributed by atoms with E-state index in [-0.39, 0.29) is 5.69 Å². The van der Waals surface area contributed by atoms with Gasteiger partial charge in [0.2, 0.25) is 5.95 Å². The smallest absolute Gasteiger partial charge is 0.325 e. The van der Waals surface area contributed by atoms with Crippen molar-refractivity contribution in [3.63, 3.8) is 0 Å². The number of urea groups is 1. The van der Waals surface area contributed by atoms with Crippen LogP contribution in [0, 0.1) is 13.8 Å². The van der Waals surface area contributed by atoms with Crippen molar-refractivity contribution in [2.75, 3.05) is 27.5 Å². The fraction of sp³-hybridized carbons (Fsp3) is 0.167. The van der Waals surface area contributed by atoms with Gasteiger partial charge < -0.3 is 21.3 Å². The monoisotopic (exact) mass is 562 g/mol. The lowest BCUT2D eigenvalue weighted by molar-refractivity contribution is -0.137. The van der Waals surface area contributed by atoms with E-state index in [0.717, 1.165) is 28.4 Å². The summed E-state index contributed by atoms with van der Waals surface area (Å²) in [5.74, 6) is 1.62. The first-order valence-electron chi connectivity index (χ1n) is 11.0. The van der Waals surface area contributed by atoms with Gasteiger partial charge in [-0.25, -0.2) is 9.78 Å². The predicted octanol–water partition coefficient (Wildman–Crippen LogP) is 7.34. The molecule has 0 aliphatic rings. The Balaban J connectivity index is 1.42. The molecule has 4 aromatic rings. The summed E-state index contributed by atoms with van der Waals surface area (Å²) >= 11 is 7.14. The summed E-state index contributed by atoms with van der Waals surface area (Å²) in [6.07, 6.45) is -2.71. The summed E-state index contributed by atoms with van der Waals surface area (Å²) in [6, 6.07) is 11.2. The molecule has 0 saturated carbocycles. The molecule has 0 aliphatic heterocycles. The van der Waals surface area contributed by atoms with Crippen molar-refractivity contribution in [2.45, 2.75) is 25.0 Å². The van der Waals surface area contributed by atoms with Crippen molar-refractivity contribution < 1.29 is 18.0 Å². The number of hydrogen-bond donors (Lipinski definition) is 5.